The molecule has 118 valence electrons. The highest BCUT2D eigenvalue weighted by Gasteiger charge is 2.14. The second kappa shape index (κ2) is 6.85. The molecule has 3 aromatic rings. The van der Waals surface area contributed by atoms with Crippen molar-refractivity contribution >= 4 is 34.5 Å². The summed E-state index contributed by atoms with van der Waals surface area (Å²) in [7, 11) is 0. The normalized spacial score (nSPS) is 10.5. The molecule has 5 nitrogen and oxygen atoms in total. The van der Waals surface area contributed by atoms with Crippen molar-refractivity contribution in [1.29, 1.82) is 0 Å². The number of halogens is 1. The number of benzene rings is 1. The van der Waals surface area contributed by atoms with Gasteiger partial charge in [-0.1, -0.05) is 11.6 Å². The SMILES string of the molecule is CCOc1ccc(NC(=O)c2cnc(-c3ccco3)s2)cc1Cl. The van der Waals surface area contributed by atoms with Gasteiger partial charge in [0.1, 0.15) is 10.6 Å². The van der Waals surface area contributed by atoms with Crippen LogP contribution in [-0.2, 0) is 0 Å². The predicted molar refractivity (Wildman–Crippen MR) is 90.4 cm³/mol. The average molecular weight is 349 g/mol. The highest BCUT2D eigenvalue weighted by molar-refractivity contribution is 7.17. The number of aromatic nitrogens is 1. The molecule has 2 heterocycles. The molecule has 3 rings (SSSR count). The van der Waals surface area contributed by atoms with Crippen LogP contribution >= 0.6 is 22.9 Å². The minimum atomic E-state index is -0.250. The number of anilines is 1. The van der Waals surface area contributed by atoms with Crippen molar-refractivity contribution in [2.45, 2.75) is 6.92 Å². The lowest BCUT2D eigenvalue weighted by Gasteiger charge is -2.08. The molecule has 0 aliphatic rings. The maximum Gasteiger partial charge on any atom is 0.267 e. The molecule has 23 heavy (non-hydrogen) atoms. The number of nitrogens with zero attached hydrogens (tertiary/aromatic N) is 1. The summed E-state index contributed by atoms with van der Waals surface area (Å²) < 4.78 is 10.6. The average Bonchev–Trinajstić information content (AvgIpc) is 3.20. The second-order valence-corrected chi connectivity index (χ2v) is 5.98. The molecule has 0 unspecified atom stereocenters. The van der Waals surface area contributed by atoms with E-state index in [1.54, 1.807) is 36.6 Å². The molecule has 1 aromatic carbocycles. The fourth-order valence-electron chi connectivity index (χ4n) is 1.94. The summed E-state index contributed by atoms with van der Waals surface area (Å²) in [5, 5.41) is 3.89. The third-order valence-corrected chi connectivity index (χ3v) is 4.26. The molecular formula is C16H13ClN2O3S. The van der Waals surface area contributed by atoms with Crippen molar-refractivity contribution in [2.75, 3.05) is 11.9 Å². The van der Waals surface area contributed by atoms with Crippen LogP contribution in [0, 0.1) is 0 Å². The maximum absolute atomic E-state index is 12.3. The van der Waals surface area contributed by atoms with Gasteiger partial charge < -0.3 is 14.5 Å². The van der Waals surface area contributed by atoms with E-state index in [0.29, 0.717) is 38.7 Å². The smallest absolute Gasteiger partial charge is 0.267 e. The van der Waals surface area contributed by atoms with Gasteiger partial charge in [0, 0.05) is 5.69 Å². The molecule has 0 saturated carbocycles. The van der Waals surface area contributed by atoms with Crippen LogP contribution in [0.4, 0.5) is 5.69 Å². The number of furan rings is 1. The van der Waals surface area contributed by atoms with Crippen LogP contribution in [0.1, 0.15) is 16.6 Å². The van der Waals surface area contributed by atoms with Gasteiger partial charge in [-0.2, -0.15) is 0 Å². The third-order valence-electron chi connectivity index (χ3n) is 2.95. The Kier molecular flexibility index (Phi) is 4.64. The van der Waals surface area contributed by atoms with Gasteiger partial charge in [-0.3, -0.25) is 4.79 Å². The molecule has 2 aromatic heterocycles. The lowest BCUT2D eigenvalue weighted by molar-refractivity contribution is 0.103. The van der Waals surface area contributed by atoms with E-state index in [-0.39, 0.29) is 5.91 Å². The number of rotatable bonds is 5. The van der Waals surface area contributed by atoms with E-state index in [4.69, 9.17) is 20.8 Å². The number of hydrogen-bond acceptors (Lipinski definition) is 5. The Bertz CT molecular complexity index is 815. The van der Waals surface area contributed by atoms with E-state index in [0.717, 1.165) is 0 Å². The summed E-state index contributed by atoms with van der Waals surface area (Å²) in [6.45, 7) is 2.41. The van der Waals surface area contributed by atoms with Crippen LogP contribution in [0.15, 0.2) is 47.2 Å². The van der Waals surface area contributed by atoms with Crippen LogP contribution in [0.2, 0.25) is 5.02 Å². The van der Waals surface area contributed by atoms with Crippen LogP contribution in [-0.4, -0.2) is 17.5 Å². The summed E-state index contributed by atoms with van der Waals surface area (Å²) in [6.07, 6.45) is 3.09. The first-order valence-electron chi connectivity index (χ1n) is 6.90. The molecule has 0 fully saturated rings. The number of thiazole rings is 1. The van der Waals surface area contributed by atoms with Gasteiger partial charge in [0.25, 0.3) is 5.91 Å². The quantitative estimate of drug-likeness (QED) is 0.725. The van der Waals surface area contributed by atoms with Crippen LogP contribution in [0.3, 0.4) is 0 Å². The van der Waals surface area contributed by atoms with Crippen molar-refractivity contribution in [3.63, 3.8) is 0 Å². The number of amides is 1. The molecule has 1 amide bonds. The summed E-state index contributed by atoms with van der Waals surface area (Å²) in [4.78, 5) is 17.0. The summed E-state index contributed by atoms with van der Waals surface area (Å²) in [6, 6.07) is 8.69. The standard InChI is InChI=1S/C16H13ClN2O3S/c1-2-21-12-6-5-10(8-11(12)17)19-15(20)14-9-18-16(23-14)13-4-3-7-22-13/h3-9H,2H2,1H3,(H,19,20). The number of carbonyl (C=O) groups is 1. The summed E-state index contributed by atoms with van der Waals surface area (Å²) in [5.41, 5.74) is 0.594. The van der Waals surface area contributed by atoms with E-state index in [1.165, 1.54) is 17.5 Å². The maximum atomic E-state index is 12.3. The Morgan fingerprint density at radius 2 is 2.30 bits per heavy atom. The molecule has 0 aliphatic heterocycles. The summed E-state index contributed by atoms with van der Waals surface area (Å²) >= 11 is 7.37. The van der Waals surface area contributed by atoms with Gasteiger partial charge >= 0.3 is 0 Å². The van der Waals surface area contributed by atoms with Crippen molar-refractivity contribution in [1.82, 2.24) is 4.98 Å². The fraction of sp³-hybridized carbons (Fsp3) is 0.125. The topological polar surface area (TPSA) is 64.4 Å². The highest BCUT2D eigenvalue weighted by Crippen LogP contribution is 2.29. The summed E-state index contributed by atoms with van der Waals surface area (Å²) in [5.74, 6) is 0.976. The fourth-order valence-corrected chi connectivity index (χ4v) is 2.95. The first kappa shape index (κ1) is 15.6. The van der Waals surface area contributed by atoms with Crippen molar-refractivity contribution in [3.05, 3.63) is 52.7 Å². The van der Waals surface area contributed by atoms with Crippen molar-refractivity contribution < 1.29 is 13.9 Å². The van der Waals surface area contributed by atoms with Crippen LogP contribution < -0.4 is 10.1 Å². The largest absolute Gasteiger partial charge is 0.492 e. The van der Waals surface area contributed by atoms with Gasteiger partial charge in [0.15, 0.2) is 10.8 Å². The molecule has 0 radical (unpaired) electrons. The first-order valence-corrected chi connectivity index (χ1v) is 8.10. The van der Waals surface area contributed by atoms with E-state index in [9.17, 15) is 4.79 Å². The van der Waals surface area contributed by atoms with Gasteiger partial charge in [-0.15, -0.1) is 11.3 Å². The van der Waals surface area contributed by atoms with Crippen LogP contribution in [0.5, 0.6) is 5.75 Å². The zero-order chi connectivity index (χ0) is 16.2. The van der Waals surface area contributed by atoms with Gasteiger partial charge in [-0.25, -0.2) is 4.98 Å². The molecule has 0 atom stereocenters. The number of ether oxygens (including phenoxy) is 1. The second-order valence-electron chi connectivity index (χ2n) is 4.54. The number of hydrogen-bond donors (Lipinski definition) is 1. The Morgan fingerprint density at radius 3 is 3.00 bits per heavy atom. The molecule has 0 bridgehead atoms. The molecular weight excluding hydrogens is 336 g/mol. The van der Waals surface area contributed by atoms with Gasteiger partial charge in [-0.05, 0) is 37.3 Å². The van der Waals surface area contributed by atoms with Gasteiger partial charge in [0.05, 0.1) is 24.1 Å². The lowest BCUT2D eigenvalue weighted by Crippen LogP contribution is -2.10. The molecule has 0 saturated heterocycles. The Hall–Kier alpha value is -2.31. The van der Waals surface area contributed by atoms with Gasteiger partial charge in [0.2, 0.25) is 0 Å². The number of carbonyl (C=O) groups excluding carboxylic acids is 1. The Morgan fingerprint density at radius 1 is 1.43 bits per heavy atom. The molecule has 1 N–H and O–H groups in total. The Labute approximate surface area is 141 Å². The molecule has 0 spiro atoms. The lowest BCUT2D eigenvalue weighted by atomic mass is 10.3. The minimum absolute atomic E-state index is 0.250. The zero-order valence-electron chi connectivity index (χ0n) is 12.2. The monoisotopic (exact) mass is 348 g/mol. The van der Waals surface area contributed by atoms with E-state index in [2.05, 4.69) is 10.3 Å². The Balaban J connectivity index is 1.73. The number of nitrogens with one attached hydrogen (secondary N) is 1. The van der Waals surface area contributed by atoms with Crippen LogP contribution in [0.25, 0.3) is 10.8 Å². The van der Waals surface area contributed by atoms with Crippen molar-refractivity contribution in [2.24, 2.45) is 0 Å². The molecule has 0 aliphatic carbocycles. The highest BCUT2D eigenvalue weighted by atomic mass is 35.5. The van der Waals surface area contributed by atoms with Crippen molar-refractivity contribution in [3.8, 4) is 16.5 Å². The third kappa shape index (κ3) is 3.55. The minimum Gasteiger partial charge on any atom is -0.492 e. The first-order chi connectivity index (χ1) is 11.2. The molecule has 7 heteroatoms. The van der Waals surface area contributed by atoms with E-state index in [1.807, 2.05) is 6.92 Å². The van der Waals surface area contributed by atoms with E-state index >= 15 is 0 Å². The predicted octanol–water partition coefficient (Wildman–Crippen LogP) is 4.71. The zero-order valence-corrected chi connectivity index (χ0v) is 13.8. The van der Waals surface area contributed by atoms with E-state index < -0.39 is 0 Å².